The van der Waals surface area contributed by atoms with Crippen molar-refractivity contribution in [3.05, 3.63) is 224 Å². The van der Waals surface area contributed by atoms with Gasteiger partial charge in [0, 0.05) is 47.4 Å². The second kappa shape index (κ2) is 14.6. The fourth-order valence-corrected chi connectivity index (χ4v) is 11.7. The Morgan fingerprint density at radius 3 is 1.08 bits per heavy atom. The Bertz CT molecular complexity index is 3300. The average Bonchev–Trinajstić information content (AvgIpc) is 3.68. The summed E-state index contributed by atoms with van der Waals surface area (Å²) in [5, 5.41) is 4.93. The molecular formula is C58H37N3S2. The van der Waals surface area contributed by atoms with Gasteiger partial charge in [0.15, 0.2) is 0 Å². The Morgan fingerprint density at radius 1 is 0.270 bits per heavy atom. The van der Waals surface area contributed by atoms with Gasteiger partial charge in [-0.25, -0.2) is 0 Å². The first kappa shape index (κ1) is 36.2. The number of hydrogen-bond donors (Lipinski definition) is 0. The Morgan fingerprint density at radius 2 is 0.635 bits per heavy atom. The molecule has 5 heteroatoms. The molecular weight excluding hydrogens is 803 g/mol. The molecule has 0 amide bonds. The number of anilines is 6. The number of aromatic nitrogens is 1. The highest BCUT2D eigenvalue weighted by Crippen LogP contribution is 2.53. The van der Waals surface area contributed by atoms with Gasteiger partial charge in [0.25, 0.3) is 0 Å². The maximum absolute atomic E-state index is 2.43. The molecule has 0 bridgehead atoms. The van der Waals surface area contributed by atoms with E-state index in [-0.39, 0.29) is 0 Å². The summed E-state index contributed by atoms with van der Waals surface area (Å²) in [4.78, 5) is 9.84. The van der Waals surface area contributed by atoms with Crippen molar-refractivity contribution < 1.29 is 0 Å². The van der Waals surface area contributed by atoms with E-state index < -0.39 is 0 Å². The lowest BCUT2D eigenvalue weighted by atomic mass is 9.99. The zero-order valence-electron chi connectivity index (χ0n) is 34.0. The van der Waals surface area contributed by atoms with Crippen molar-refractivity contribution in [2.24, 2.45) is 0 Å². The maximum Gasteiger partial charge on any atom is 0.0601 e. The Balaban J connectivity index is 0.919. The molecule has 0 fully saturated rings. The lowest BCUT2D eigenvalue weighted by Gasteiger charge is -2.32. The minimum Gasteiger partial charge on any atom is -0.309 e. The summed E-state index contributed by atoms with van der Waals surface area (Å²) in [5.74, 6) is 0. The highest BCUT2D eigenvalue weighted by atomic mass is 32.2. The first-order chi connectivity index (χ1) is 31.2. The zero-order valence-corrected chi connectivity index (χ0v) is 35.7. The van der Waals surface area contributed by atoms with Gasteiger partial charge in [-0.05, 0) is 142 Å². The van der Waals surface area contributed by atoms with E-state index in [2.05, 4.69) is 239 Å². The molecule has 3 nitrogen and oxygen atoms in total. The molecule has 3 heterocycles. The number of para-hydroxylation sites is 4. The van der Waals surface area contributed by atoms with E-state index in [9.17, 15) is 0 Å². The summed E-state index contributed by atoms with van der Waals surface area (Å²) < 4.78 is 2.43. The zero-order chi connectivity index (χ0) is 41.4. The summed E-state index contributed by atoms with van der Waals surface area (Å²) in [6.45, 7) is 0. The van der Waals surface area contributed by atoms with Crippen molar-refractivity contribution in [3.63, 3.8) is 0 Å². The number of fused-ring (bicyclic) bond motifs is 8. The van der Waals surface area contributed by atoms with Crippen LogP contribution in [0, 0.1) is 0 Å². The summed E-state index contributed by atoms with van der Waals surface area (Å²) in [6, 6.07) is 82.3. The maximum atomic E-state index is 2.43. The number of rotatable bonds is 5. The molecule has 63 heavy (non-hydrogen) atoms. The van der Waals surface area contributed by atoms with Crippen molar-refractivity contribution in [2.45, 2.75) is 19.6 Å². The Labute approximate surface area is 374 Å². The minimum absolute atomic E-state index is 1.15. The van der Waals surface area contributed by atoms with Crippen LogP contribution in [0.2, 0.25) is 0 Å². The van der Waals surface area contributed by atoms with Gasteiger partial charge in [-0.3, -0.25) is 0 Å². The molecule has 0 aliphatic carbocycles. The molecule has 0 N–H and O–H groups in total. The molecule has 10 aromatic carbocycles. The van der Waals surface area contributed by atoms with E-state index in [1.165, 1.54) is 97.2 Å². The van der Waals surface area contributed by atoms with Gasteiger partial charge in [-0.1, -0.05) is 139 Å². The second-order valence-electron chi connectivity index (χ2n) is 16.2. The van der Waals surface area contributed by atoms with Gasteiger partial charge in [0.05, 0.1) is 33.8 Å². The van der Waals surface area contributed by atoms with Gasteiger partial charge in [-0.15, -0.1) is 0 Å². The van der Waals surface area contributed by atoms with Crippen LogP contribution in [0.3, 0.4) is 0 Å². The van der Waals surface area contributed by atoms with Crippen LogP contribution in [0.25, 0.3) is 60.5 Å². The molecule has 11 aromatic rings. The molecule has 0 saturated carbocycles. The van der Waals surface area contributed by atoms with E-state index in [0.717, 1.165) is 17.1 Å². The standard InChI is InChI=1S/C58H37N3S2/c1-2-12-41-35-46(32-25-38(41)11-1)61-49-33-26-42(39-21-28-44(29-22-39)59-51-13-3-7-17-55(51)62-56-18-8-4-14-52(56)59)36-47(49)48-37-43(27-34-50(48)61)40-23-30-45(31-24-40)60-53-15-5-9-19-57(53)63-58-20-10-6-16-54(58)60/h1-37H. The number of hydrogen-bond acceptors (Lipinski definition) is 4. The predicted molar refractivity (Wildman–Crippen MR) is 267 cm³/mol. The Kier molecular flexibility index (Phi) is 8.39. The van der Waals surface area contributed by atoms with Crippen LogP contribution in [0.4, 0.5) is 34.1 Å². The highest BCUT2D eigenvalue weighted by Gasteiger charge is 2.26. The minimum atomic E-state index is 1.15. The fourth-order valence-electron chi connectivity index (χ4n) is 9.55. The molecule has 0 unspecified atom stereocenters. The van der Waals surface area contributed by atoms with Crippen molar-refractivity contribution in [1.29, 1.82) is 0 Å². The topological polar surface area (TPSA) is 11.4 Å². The Hall–Kier alpha value is -7.44. The molecule has 0 spiro atoms. The SMILES string of the molecule is c1ccc2c(c1)Sc1ccccc1N2c1ccc(-c2ccc3c(c2)c2cc(-c4ccc(N5c6ccccc6Sc6ccccc65)cc4)ccc2n3-c2ccc3ccccc3c2)cc1. The predicted octanol–water partition coefficient (Wildman–Crippen LogP) is 17.1. The van der Waals surface area contributed by atoms with E-state index in [4.69, 9.17) is 0 Å². The van der Waals surface area contributed by atoms with Crippen molar-refractivity contribution in [1.82, 2.24) is 4.57 Å². The molecule has 0 saturated heterocycles. The third-order valence-electron chi connectivity index (χ3n) is 12.5. The lowest BCUT2D eigenvalue weighted by Crippen LogP contribution is -2.14. The summed E-state index contributed by atoms with van der Waals surface area (Å²) in [7, 11) is 0. The van der Waals surface area contributed by atoms with Crippen LogP contribution < -0.4 is 9.80 Å². The average molecular weight is 840 g/mol. The van der Waals surface area contributed by atoms with Gasteiger partial charge < -0.3 is 14.4 Å². The molecule has 13 rings (SSSR count). The number of benzene rings is 10. The quantitative estimate of drug-likeness (QED) is 0.171. The van der Waals surface area contributed by atoms with Crippen LogP contribution >= 0.6 is 23.5 Å². The van der Waals surface area contributed by atoms with Crippen LogP contribution in [0.15, 0.2) is 244 Å². The van der Waals surface area contributed by atoms with Crippen LogP contribution in [-0.2, 0) is 0 Å². The van der Waals surface area contributed by atoms with E-state index in [1.807, 2.05) is 23.5 Å². The first-order valence-corrected chi connectivity index (χ1v) is 23.0. The van der Waals surface area contributed by atoms with Crippen molar-refractivity contribution in [2.75, 3.05) is 9.80 Å². The monoisotopic (exact) mass is 839 g/mol. The molecule has 1 aromatic heterocycles. The summed E-state index contributed by atoms with van der Waals surface area (Å²) >= 11 is 3.68. The fraction of sp³-hybridized carbons (Fsp3) is 0. The van der Waals surface area contributed by atoms with E-state index in [1.54, 1.807) is 0 Å². The normalized spacial score (nSPS) is 12.9. The van der Waals surface area contributed by atoms with Crippen molar-refractivity contribution in [3.8, 4) is 27.9 Å². The molecule has 0 atom stereocenters. The van der Waals surface area contributed by atoms with Gasteiger partial charge in [0.2, 0.25) is 0 Å². The van der Waals surface area contributed by atoms with Gasteiger partial charge in [-0.2, -0.15) is 0 Å². The highest BCUT2D eigenvalue weighted by molar-refractivity contribution is 8.00. The third kappa shape index (κ3) is 6.00. The van der Waals surface area contributed by atoms with Crippen LogP contribution in [0.5, 0.6) is 0 Å². The smallest absolute Gasteiger partial charge is 0.0601 e. The lowest BCUT2D eigenvalue weighted by molar-refractivity contribution is 1.17. The van der Waals surface area contributed by atoms with Crippen molar-refractivity contribution >= 4 is 90.2 Å². The van der Waals surface area contributed by atoms with Gasteiger partial charge in [0.1, 0.15) is 0 Å². The van der Waals surface area contributed by atoms with Crippen LogP contribution in [0.1, 0.15) is 0 Å². The summed E-state index contributed by atoms with van der Waals surface area (Å²) in [5.41, 5.74) is 15.4. The number of nitrogens with zero attached hydrogens (tertiary/aromatic N) is 3. The third-order valence-corrected chi connectivity index (χ3v) is 14.8. The van der Waals surface area contributed by atoms with Gasteiger partial charge >= 0.3 is 0 Å². The van der Waals surface area contributed by atoms with E-state index in [0.29, 0.717) is 0 Å². The largest absolute Gasteiger partial charge is 0.309 e. The van der Waals surface area contributed by atoms with Crippen LogP contribution in [-0.4, -0.2) is 4.57 Å². The van der Waals surface area contributed by atoms with E-state index >= 15 is 0 Å². The summed E-state index contributed by atoms with van der Waals surface area (Å²) in [6.07, 6.45) is 0. The molecule has 0 radical (unpaired) electrons. The molecule has 2 aliphatic rings. The molecule has 2 aliphatic heterocycles. The molecule has 296 valence electrons. The first-order valence-electron chi connectivity index (χ1n) is 21.3. The second-order valence-corrected chi connectivity index (χ2v) is 18.3.